The van der Waals surface area contributed by atoms with Crippen molar-refractivity contribution >= 4 is 0 Å². The van der Waals surface area contributed by atoms with Crippen molar-refractivity contribution in [1.82, 2.24) is 20.1 Å². The molecule has 2 aromatic rings. The van der Waals surface area contributed by atoms with Gasteiger partial charge in [-0.1, -0.05) is 31.2 Å². The summed E-state index contributed by atoms with van der Waals surface area (Å²) in [6.45, 7) is 3.89. The van der Waals surface area contributed by atoms with Crippen LogP contribution in [0.5, 0.6) is 0 Å². The van der Waals surface area contributed by atoms with Crippen molar-refractivity contribution in [2.75, 3.05) is 0 Å². The molecule has 100 valence electrons. The second kappa shape index (κ2) is 5.53. The second-order valence-electron chi connectivity index (χ2n) is 5.07. The first-order valence-electron chi connectivity index (χ1n) is 7.06. The molecule has 0 amide bonds. The van der Waals surface area contributed by atoms with Crippen LogP contribution < -0.4 is 5.32 Å². The SMILES string of the molecule is CCCn1ncnc1CNC1CCc2ccccc21. The standard InChI is InChI=1S/C15H20N4/c1-2-9-19-15(17-11-18-19)10-16-14-8-7-12-5-3-4-6-13(12)14/h3-6,11,14,16H,2,7-10H2,1H3. The van der Waals surface area contributed by atoms with E-state index in [4.69, 9.17) is 0 Å². The Bertz CT molecular complexity index is 547. The lowest BCUT2D eigenvalue weighted by Gasteiger charge is -2.14. The topological polar surface area (TPSA) is 42.7 Å². The molecule has 1 aliphatic rings. The molecule has 3 rings (SSSR count). The molecule has 0 saturated heterocycles. The van der Waals surface area contributed by atoms with Gasteiger partial charge < -0.3 is 5.32 Å². The predicted octanol–water partition coefficient (Wildman–Crippen LogP) is 2.47. The monoisotopic (exact) mass is 256 g/mol. The van der Waals surface area contributed by atoms with Gasteiger partial charge in [0.1, 0.15) is 12.2 Å². The molecule has 0 bridgehead atoms. The Hall–Kier alpha value is -1.68. The van der Waals surface area contributed by atoms with Crippen LogP contribution in [0.4, 0.5) is 0 Å². The third-order valence-corrected chi connectivity index (χ3v) is 3.77. The van der Waals surface area contributed by atoms with Crippen molar-refractivity contribution in [3.8, 4) is 0 Å². The molecule has 4 heteroatoms. The van der Waals surface area contributed by atoms with Crippen LogP contribution in [0.3, 0.4) is 0 Å². The fraction of sp³-hybridized carbons (Fsp3) is 0.467. The Kier molecular flexibility index (Phi) is 3.60. The third kappa shape index (κ3) is 2.54. The van der Waals surface area contributed by atoms with Crippen LogP contribution in [0, 0.1) is 0 Å². The van der Waals surface area contributed by atoms with Crippen LogP contribution in [0.2, 0.25) is 0 Å². The van der Waals surface area contributed by atoms with Crippen molar-refractivity contribution in [2.24, 2.45) is 0 Å². The quantitative estimate of drug-likeness (QED) is 0.893. The zero-order valence-electron chi connectivity index (χ0n) is 11.3. The van der Waals surface area contributed by atoms with E-state index in [1.165, 1.54) is 24.0 Å². The zero-order valence-corrected chi connectivity index (χ0v) is 11.3. The van der Waals surface area contributed by atoms with E-state index in [1.54, 1.807) is 6.33 Å². The molecule has 1 atom stereocenters. The van der Waals surface area contributed by atoms with Gasteiger partial charge in [0.25, 0.3) is 0 Å². The molecular weight excluding hydrogens is 236 g/mol. The van der Waals surface area contributed by atoms with Crippen molar-refractivity contribution in [3.63, 3.8) is 0 Å². The molecule has 0 fully saturated rings. The second-order valence-corrected chi connectivity index (χ2v) is 5.07. The summed E-state index contributed by atoms with van der Waals surface area (Å²) in [5.41, 5.74) is 2.93. The molecule has 19 heavy (non-hydrogen) atoms. The van der Waals surface area contributed by atoms with Gasteiger partial charge in [-0.2, -0.15) is 5.10 Å². The van der Waals surface area contributed by atoms with E-state index in [-0.39, 0.29) is 0 Å². The van der Waals surface area contributed by atoms with Gasteiger partial charge in [-0.25, -0.2) is 9.67 Å². The van der Waals surface area contributed by atoms with Crippen LogP contribution in [-0.4, -0.2) is 14.8 Å². The van der Waals surface area contributed by atoms with Gasteiger partial charge in [-0.15, -0.1) is 0 Å². The highest BCUT2D eigenvalue weighted by Crippen LogP contribution is 2.30. The Morgan fingerprint density at radius 2 is 2.26 bits per heavy atom. The number of nitrogens with zero attached hydrogens (tertiary/aromatic N) is 3. The lowest BCUT2D eigenvalue weighted by molar-refractivity contribution is 0.488. The molecule has 1 aromatic heterocycles. The Balaban J connectivity index is 1.66. The summed E-state index contributed by atoms with van der Waals surface area (Å²) in [6, 6.07) is 9.17. The fourth-order valence-corrected chi connectivity index (χ4v) is 2.81. The first-order chi connectivity index (χ1) is 9.38. The zero-order chi connectivity index (χ0) is 13.1. The van der Waals surface area contributed by atoms with Crippen molar-refractivity contribution in [2.45, 2.75) is 45.3 Å². The molecule has 0 saturated carbocycles. The third-order valence-electron chi connectivity index (χ3n) is 3.77. The van der Waals surface area contributed by atoms with E-state index in [0.29, 0.717) is 6.04 Å². The largest absolute Gasteiger partial charge is 0.303 e. The number of fused-ring (bicyclic) bond motifs is 1. The van der Waals surface area contributed by atoms with Gasteiger partial charge >= 0.3 is 0 Å². The van der Waals surface area contributed by atoms with Gasteiger partial charge in [0.15, 0.2) is 0 Å². The minimum absolute atomic E-state index is 0.461. The minimum atomic E-state index is 0.461. The van der Waals surface area contributed by atoms with E-state index in [0.717, 1.165) is 25.3 Å². The summed E-state index contributed by atoms with van der Waals surface area (Å²) < 4.78 is 1.99. The molecule has 0 aliphatic heterocycles. The van der Waals surface area contributed by atoms with Gasteiger partial charge in [0.05, 0.1) is 6.54 Å². The lowest BCUT2D eigenvalue weighted by atomic mass is 10.1. The maximum atomic E-state index is 4.34. The summed E-state index contributed by atoms with van der Waals surface area (Å²) in [5.74, 6) is 1.03. The average molecular weight is 256 g/mol. The van der Waals surface area contributed by atoms with E-state index in [1.807, 2.05) is 4.68 Å². The van der Waals surface area contributed by atoms with Crippen LogP contribution in [0.15, 0.2) is 30.6 Å². The number of hydrogen-bond acceptors (Lipinski definition) is 3. The Morgan fingerprint density at radius 3 is 3.16 bits per heavy atom. The number of rotatable bonds is 5. The predicted molar refractivity (Wildman–Crippen MR) is 74.7 cm³/mol. The maximum absolute atomic E-state index is 4.34. The summed E-state index contributed by atoms with van der Waals surface area (Å²) in [5, 5.41) is 7.88. The van der Waals surface area contributed by atoms with Gasteiger partial charge in [-0.05, 0) is 30.4 Å². The Morgan fingerprint density at radius 1 is 1.37 bits per heavy atom. The normalized spacial score (nSPS) is 17.6. The van der Waals surface area contributed by atoms with E-state index in [9.17, 15) is 0 Å². The van der Waals surface area contributed by atoms with Gasteiger partial charge in [0, 0.05) is 12.6 Å². The van der Waals surface area contributed by atoms with Crippen LogP contribution in [0.1, 0.15) is 42.8 Å². The maximum Gasteiger partial charge on any atom is 0.140 e. The number of aromatic nitrogens is 3. The molecule has 1 unspecified atom stereocenters. The van der Waals surface area contributed by atoms with E-state index < -0.39 is 0 Å². The van der Waals surface area contributed by atoms with E-state index in [2.05, 4.69) is 46.6 Å². The summed E-state index contributed by atoms with van der Waals surface area (Å²) >= 11 is 0. The molecule has 1 aliphatic carbocycles. The highest BCUT2D eigenvalue weighted by atomic mass is 15.3. The summed E-state index contributed by atoms with van der Waals surface area (Å²) in [7, 11) is 0. The average Bonchev–Trinajstić information content (AvgIpc) is 3.04. The van der Waals surface area contributed by atoms with Crippen molar-refractivity contribution < 1.29 is 0 Å². The highest BCUT2D eigenvalue weighted by molar-refractivity contribution is 5.34. The lowest BCUT2D eigenvalue weighted by Crippen LogP contribution is -2.21. The molecule has 1 N–H and O–H groups in total. The van der Waals surface area contributed by atoms with Crippen LogP contribution in [0.25, 0.3) is 0 Å². The molecule has 4 nitrogen and oxygen atoms in total. The smallest absolute Gasteiger partial charge is 0.140 e. The molecule has 1 heterocycles. The first-order valence-corrected chi connectivity index (χ1v) is 7.06. The summed E-state index contributed by atoms with van der Waals surface area (Å²) in [4.78, 5) is 4.34. The van der Waals surface area contributed by atoms with E-state index >= 15 is 0 Å². The number of aryl methyl sites for hydroxylation is 2. The first kappa shape index (κ1) is 12.4. The van der Waals surface area contributed by atoms with Crippen LogP contribution in [-0.2, 0) is 19.5 Å². The fourth-order valence-electron chi connectivity index (χ4n) is 2.81. The molecular formula is C15H20N4. The Labute approximate surface area is 113 Å². The molecule has 0 radical (unpaired) electrons. The number of benzene rings is 1. The van der Waals surface area contributed by atoms with Gasteiger partial charge in [0.2, 0.25) is 0 Å². The highest BCUT2D eigenvalue weighted by Gasteiger charge is 2.21. The minimum Gasteiger partial charge on any atom is -0.303 e. The van der Waals surface area contributed by atoms with Crippen molar-refractivity contribution in [1.29, 1.82) is 0 Å². The summed E-state index contributed by atoms with van der Waals surface area (Å²) in [6.07, 6.45) is 5.09. The number of hydrogen-bond donors (Lipinski definition) is 1. The molecule has 1 aromatic carbocycles. The molecule has 0 spiro atoms. The van der Waals surface area contributed by atoms with Crippen molar-refractivity contribution in [3.05, 3.63) is 47.5 Å². The van der Waals surface area contributed by atoms with Crippen LogP contribution >= 0.6 is 0 Å². The number of nitrogens with one attached hydrogen (secondary N) is 1. The van der Waals surface area contributed by atoms with Gasteiger partial charge in [-0.3, -0.25) is 0 Å².